The van der Waals surface area contributed by atoms with Gasteiger partial charge in [0.25, 0.3) is 0 Å². The van der Waals surface area contributed by atoms with E-state index < -0.39 is 0 Å². The quantitative estimate of drug-likeness (QED) is 0.901. The number of hydrogen-bond donors (Lipinski definition) is 1. The summed E-state index contributed by atoms with van der Waals surface area (Å²) in [6.07, 6.45) is 6.65. The van der Waals surface area contributed by atoms with Gasteiger partial charge >= 0.3 is 0 Å². The Morgan fingerprint density at radius 2 is 2.18 bits per heavy atom. The Morgan fingerprint density at radius 3 is 2.94 bits per heavy atom. The molecule has 0 aromatic carbocycles. The zero-order valence-electron chi connectivity index (χ0n) is 9.41. The first-order valence-corrected chi connectivity index (χ1v) is 6.61. The lowest BCUT2D eigenvalue weighted by atomic mass is 10.2. The van der Waals surface area contributed by atoms with Gasteiger partial charge in [-0.05, 0) is 18.6 Å². The van der Waals surface area contributed by atoms with Crippen molar-refractivity contribution in [1.82, 2.24) is 9.97 Å². The summed E-state index contributed by atoms with van der Waals surface area (Å²) in [4.78, 5) is 10.7. The monoisotopic (exact) mass is 246 g/mol. The van der Waals surface area contributed by atoms with Gasteiger partial charge in [0.1, 0.15) is 0 Å². The highest BCUT2D eigenvalue weighted by Crippen LogP contribution is 2.23. The van der Waals surface area contributed by atoms with Gasteiger partial charge in [-0.2, -0.15) is 0 Å². The third kappa shape index (κ3) is 2.39. The normalized spacial score (nSPS) is 19.5. The average Bonchev–Trinajstić information content (AvgIpc) is 3.00. The molecule has 0 spiro atoms. The highest BCUT2D eigenvalue weighted by atomic mass is 32.1. The Bertz CT molecular complexity index is 457. The predicted molar refractivity (Wildman–Crippen MR) is 70.6 cm³/mol. The lowest BCUT2D eigenvalue weighted by molar-refractivity contribution is 0.806. The number of hydrogen-bond acceptors (Lipinski definition) is 5. The molecule has 1 fully saturated rings. The van der Waals surface area contributed by atoms with Crippen molar-refractivity contribution in [3.05, 3.63) is 36.1 Å². The summed E-state index contributed by atoms with van der Waals surface area (Å²) in [5.41, 5.74) is 1.14. The van der Waals surface area contributed by atoms with Crippen molar-refractivity contribution >= 4 is 22.2 Å². The van der Waals surface area contributed by atoms with Crippen LogP contribution < -0.4 is 10.2 Å². The largest absolute Gasteiger partial charge is 0.380 e. The van der Waals surface area contributed by atoms with Gasteiger partial charge in [-0.15, -0.1) is 11.3 Å². The molecular weight excluding hydrogens is 232 g/mol. The number of rotatable bonds is 3. The Morgan fingerprint density at radius 1 is 1.29 bits per heavy atom. The van der Waals surface area contributed by atoms with E-state index in [0.717, 1.165) is 30.3 Å². The Kier molecular flexibility index (Phi) is 2.92. The molecule has 0 aliphatic carbocycles. The first-order valence-electron chi connectivity index (χ1n) is 5.73. The fourth-order valence-corrected chi connectivity index (χ4v) is 2.79. The SMILES string of the molecule is c1cc(NC2CCN(c3nccs3)C2)ccn1. The Balaban J connectivity index is 1.61. The van der Waals surface area contributed by atoms with Crippen LogP contribution in [0.4, 0.5) is 10.8 Å². The highest BCUT2D eigenvalue weighted by Gasteiger charge is 2.23. The molecule has 1 N–H and O–H groups in total. The summed E-state index contributed by atoms with van der Waals surface area (Å²) >= 11 is 1.71. The average molecular weight is 246 g/mol. The Hall–Kier alpha value is -1.62. The van der Waals surface area contributed by atoms with E-state index >= 15 is 0 Å². The minimum atomic E-state index is 0.501. The zero-order valence-corrected chi connectivity index (χ0v) is 10.2. The molecule has 2 aromatic rings. The van der Waals surface area contributed by atoms with Crippen molar-refractivity contribution < 1.29 is 0 Å². The van der Waals surface area contributed by atoms with Gasteiger partial charge in [0, 0.05) is 48.8 Å². The third-order valence-electron chi connectivity index (χ3n) is 2.93. The summed E-state index contributed by atoms with van der Waals surface area (Å²) in [5, 5.41) is 6.68. The molecule has 1 unspecified atom stereocenters. The standard InChI is InChI=1S/C12H14N4S/c1-4-13-5-2-10(1)15-11-3-7-16(9-11)12-14-6-8-17-12/h1-2,4-6,8,11H,3,7,9H2,(H,13,15). The fourth-order valence-electron chi connectivity index (χ4n) is 2.11. The number of pyridine rings is 1. The fraction of sp³-hybridized carbons (Fsp3) is 0.333. The van der Waals surface area contributed by atoms with Crippen LogP contribution in [-0.2, 0) is 0 Å². The van der Waals surface area contributed by atoms with Gasteiger partial charge in [0.2, 0.25) is 0 Å². The van der Waals surface area contributed by atoms with Crippen molar-refractivity contribution in [1.29, 1.82) is 0 Å². The van der Waals surface area contributed by atoms with Crippen molar-refractivity contribution in [3.63, 3.8) is 0 Å². The first-order chi connectivity index (χ1) is 8.42. The van der Waals surface area contributed by atoms with Crippen LogP contribution >= 0.6 is 11.3 Å². The van der Waals surface area contributed by atoms with Gasteiger partial charge < -0.3 is 10.2 Å². The van der Waals surface area contributed by atoms with E-state index in [2.05, 4.69) is 20.2 Å². The molecular formula is C12H14N4S. The molecule has 2 aromatic heterocycles. The minimum absolute atomic E-state index is 0.501. The smallest absolute Gasteiger partial charge is 0.185 e. The molecule has 1 atom stereocenters. The summed E-state index contributed by atoms with van der Waals surface area (Å²) < 4.78 is 0. The second-order valence-corrected chi connectivity index (χ2v) is 5.00. The minimum Gasteiger partial charge on any atom is -0.380 e. The maximum atomic E-state index is 4.35. The van der Waals surface area contributed by atoms with Crippen LogP contribution in [0.15, 0.2) is 36.1 Å². The second-order valence-electron chi connectivity index (χ2n) is 4.13. The zero-order chi connectivity index (χ0) is 11.5. The Labute approximate surface area is 104 Å². The maximum absolute atomic E-state index is 4.35. The molecule has 0 amide bonds. The predicted octanol–water partition coefficient (Wildman–Crippen LogP) is 2.23. The van der Waals surface area contributed by atoms with Crippen LogP contribution in [0.25, 0.3) is 0 Å². The van der Waals surface area contributed by atoms with Crippen LogP contribution in [-0.4, -0.2) is 29.1 Å². The molecule has 1 aliphatic rings. The summed E-state index contributed by atoms with van der Waals surface area (Å²) in [7, 11) is 0. The number of nitrogens with zero attached hydrogens (tertiary/aromatic N) is 3. The van der Waals surface area contributed by atoms with Crippen LogP contribution in [0.1, 0.15) is 6.42 Å². The van der Waals surface area contributed by atoms with Crippen molar-refractivity contribution in [2.75, 3.05) is 23.3 Å². The topological polar surface area (TPSA) is 41.0 Å². The van der Waals surface area contributed by atoms with Gasteiger partial charge in [0.05, 0.1) is 0 Å². The van der Waals surface area contributed by atoms with E-state index in [4.69, 9.17) is 0 Å². The molecule has 1 aliphatic heterocycles. The molecule has 0 saturated carbocycles. The van der Waals surface area contributed by atoms with Crippen molar-refractivity contribution in [3.8, 4) is 0 Å². The summed E-state index contributed by atoms with van der Waals surface area (Å²) in [6.45, 7) is 2.10. The van der Waals surface area contributed by atoms with E-state index in [1.165, 1.54) is 0 Å². The molecule has 0 bridgehead atoms. The van der Waals surface area contributed by atoms with Gasteiger partial charge in [-0.25, -0.2) is 4.98 Å². The number of anilines is 2. The van der Waals surface area contributed by atoms with E-state index in [-0.39, 0.29) is 0 Å². The first kappa shape index (κ1) is 10.5. The van der Waals surface area contributed by atoms with E-state index in [1.54, 1.807) is 11.3 Å². The molecule has 5 heteroatoms. The molecule has 88 valence electrons. The molecule has 0 radical (unpaired) electrons. The van der Waals surface area contributed by atoms with Crippen molar-refractivity contribution in [2.45, 2.75) is 12.5 Å². The molecule has 17 heavy (non-hydrogen) atoms. The van der Waals surface area contributed by atoms with Crippen LogP contribution in [0.3, 0.4) is 0 Å². The lowest BCUT2D eigenvalue weighted by Gasteiger charge is -2.16. The number of nitrogens with one attached hydrogen (secondary N) is 1. The van der Waals surface area contributed by atoms with Crippen molar-refractivity contribution in [2.24, 2.45) is 0 Å². The summed E-state index contributed by atoms with van der Waals surface area (Å²) in [5.74, 6) is 0. The third-order valence-corrected chi connectivity index (χ3v) is 3.76. The van der Waals surface area contributed by atoms with E-state index in [9.17, 15) is 0 Å². The lowest BCUT2D eigenvalue weighted by Crippen LogP contribution is -2.25. The van der Waals surface area contributed by atoms with Gasteiger partial charge in [0.15, 0.2) is 5.13 Å². The highest BCUT2D eigenvalue weighted by molar-refractivity contribution is 7.13. The molecule has 4 nitrogen and oxygen atoms in total. The van der Waals surface area contributed by atoms with Crippen LogP contribution in [0.5, 0.6) is 0 Å². The molecule has 3 heterocycles. The van der Waals surface area contributed by atoms with Gasteiger partial charge in [-0.1, -0.05) is 0 Å². The number of aromatic nitrogens is 2. The van der Waals surface area contributed by atoms with E-state index in [0.29, 0.717) is 6.04 Å². The summed E-state index contributed by atoms with van der Waals surface area (Å²) in [6, 6.07) is 4.51. The maximum Gasteiger partial charge on any atom is 0.185 e. The van der Waals surface area contributed by atoms with Gasteiger partial charge in [-0.3, -0.25) is 4.98 Å². The molecule has 3 rings (SSSR count). The van der Waals surface area contributed by atoms with E-state index in [1.807, 2.05) is 36.1 Å². The van der Waals surface area contributed by atoms with Crippen LogP contribution in [0, 0.1) is 0 Å². The second kappa shape index (κ2) is 4.71. The number of thiazole rings is 1. The van der Waals surface area contributed by atoms with Crippen LogP contribution in [0.2, 0.25) is 0 Å². The molecule has 1 saturated heterocycles.